The van der Waals surface area contributed by atoms with E-state index in [1.54, 1.807) is 5.38 Å². The van der Waals surface area contributed by atoms with Gasteiger partial charge in [-0.1, -0.05) is 0 Å². The van der Waals surface area contributed by atoms with Crippen molar-refractivity contribution in [3.63, 3.8) is 0 Å². The zero-order chi connectivity index (χ0) is 12.4. The number of carbonyl (C=O) groups is 1. The summed E-state index contributed by atoms with van der Waals surface area (Å²) >= 11 is 1.44. The SMILES string of the molecule is Cc1cscc1C(=O)Cc1cc(F)cc(F)c1. The molecule has 17 heavy (non-hydrogen) atoms. The molecular weight excluding hydrogens is 242 g/mol. The van der Waals surface area contributed by atoms with Gasteiger partial charge in [-0.3, -0.25) is 4.79 Å². The van der Waals surface area contributed by atoms with Crippen LogP contribution in [0.1, 0.15) is 21.5 Å². The maximum absolute atomic E-state index is 13.0. The smallest absolute Gasteiger partial charge is 0.168 e. The van der Waals surface area contributed by atoms with Crippen molar-refractivity contribution in [3.8, 4) is 0 Å². The molecule has 0 radical (unpaired) electrons. The minimum atomic E-state index is -0.658. The van der Waals surface area contributed by atoms with Gasteiger partial charge in [-0.15, -0.1) is 0 Å². The number of rotatable bonds is 3. The predicted octanol–water partition coefficient (Wildman–Crippen LogP) is 3.76. The van der Waals surface area contributed by atoms with Crippen LogP contribution in [-0.4, -0.2) is 5.78 Å². The molecule has 0 aliphatic carbocycles. The summed E-state index contributed by atoms with van der Waals surface area (Å²) < 4.78 is 25.9. The molecule has 0 aliphatic rings. The number of carbonyl (C=O) groups excluding carboxylic acids is 1. The van der Waals surface area contributed by atoms with Crippen LogP contribution in [0.25, 0.3) is 0 Å². The van der Waals surface area contributed by atoms with Crippen LogP contribution in [0.3, 0.4) is 0 Å². The van der Waals surface area contributed by atoms with Gasteiger partial charge >= 0.3 is 0 Å². The van der Waals surface area contributed by atoms with Gasteiger partial charge in [0.2, 0.25) is 0 Å². The fourth-order valence-corrected chi connectivity index (χ4v) is 2.49. The van der Waals surface area contributed by atoms with E-state index in [9.17, 15) is 13.6 Å². The van der Waals surface area contributed by atoms with E-state index in [2.05, 4.69) is 0 Å². The lowest BCUT2D eigenvalue weighted by Gasteiger charge is -2.02. The van der Waals surface area contributed by atoms with Gasteiger partial charge in [0.1, 0.15) is 11.6 Å². The lowest BCUT2D eigenvalue weighted by Crippen LogP contribution is -2.04. The number of ketones is 1. The van der Waals surface area contributed by atoms with E-state index in [1.807, 2.05) is 12.3 Å². The van der Waals surface area contributed by atoms with E-state index < -0.39 is 11.6 Å². The van der Waals surface area contributed by atoms with Crippen LogP contribution >= 0.6 is 11.3 Å². The standard InChI is InChI=1S/C13H10F2OS/c1-8-6-17-7-12(8)13(16)4-9-2-10(14)5-11(15)3-9/h2-3,5-7H,4H2,1H3. The van der Waals surface area contributed by atoms with Crippen molar-refractivity contribution in [1.29, 1.82) is 0 Å². The summed E-state index contributed by atoms with van der Waals surface area (Å²) in [5.41, 5.74) is 1.88. The molecule has 1 aromatic carbocycles. The number of hydrogen-bond donors (Lipinski definition) is 0. The van der Waals surface area contributed by atoms with Crippen molar-refractivity contribution in [2.24, 2.45) is 0 Å². The van der Waals surface area contributed by atoms with Gasteiger partial charge < -0.3 is 0 Å². The Labute approximate surface area is 102 Å². The molecule has 0 aliphatic heterocycles. The van der Waals surface area contributed by atoms with Gasteiger partial charge in [0.25, 0.3) is 0 Å². The Balaban J connectivity index is 2.21. The largest absolute Gasteiger partial charge is 0.294 e. The van der Waals surface area contributed by atoms with Gasteiger partial charge in [0, 0.05) is 23.4 Å². The lowest BCUT2D eigenvalue weighted by molar-refractivity contribution is 0.0993. The molecule has 4 heteroatoms. The van der Waals surface area contributed by atoms with Crippen molar-refractivity contribution in [2.75, 3.05) is 0 Å². The number of benzene rings is 1. The lowest BCUT2D eigenvalue weighted by atomic mass is 10.0. The molecule has 2 rings (SSSR count). The molecule has 1 heterocycles. The van der Waals surface area contributed by atoms with E-state index in [0.29, 0.717) is 11.1 Å². The first-order valence-electron chi connectivity index (χ1n) is 5.07. The molecule has 0 bridgehead atoms. The van der Waals surface area contributed by atoms with Crippen molar-refractivity contribution in [3.05, 3.63) is 57.3 Å². The van der Waals surface area contributed by atoms with Gasteiger partial charge in [-0.05, 0) is 35.6 Å². The summed E-state index contributed by atoms with van der Waals surface area (Å²) in [4.78, 5) is 11.9. The summed E-state index contributed by atoms with van der Waals surface area (Å²) in [5.74, 6) is -1.43. The fourth-order valence-electron chi connectivity index (χ4n) is 1.64. The van der Waals surface area contributed by atoms with Crippen LogP contribution in [0, 0.1) is 18.6 Å². The van der Waals surface area contributed by atoms with Gasteiger partial charge in [-0.25, -0.2) is 8.78 Å². The van der Waals surface area contributed by atoms with E-state index in [0.717, 1.165) is 11.6 Å². The highest BCUT2D eigenvalue weighted by Crippen LogP contribution is 2.17. The van der Waals surface area contributed by atoms with Crippen LogP contribution in [0.2, 0.25) is 0 Å². The molecule has 1 nitrogen and oxygen atoms in total. The van der Waals surface area contributed by atoms with E-state index >= 15 is 0 Å². The molecule has 0 atom stereocenters. The first kappa shape index (κ1) is 11.9. The molecule has 0 saturated heterocycles. The maximum Gasteiger partial charge on any atom is 0.168 e. The average molecular weight is 252 g/mol. The van der Waals surface area contributed by atoms with Gasteiger partial charge in [0.05, 0.1) is 0 Å². The third-order valence-electron chi connectivity index (χ3n) is 2.44. The van der Waals surface area contributed by atoms with Crippen molar-refractivity contribution in [1.82, 2.24) is 0 Å². The maximum atomic E-state index is 13.0. The summed E-state index contributed by atoms with van der Waals surface area (Å²) in [6.07, 6.45) is 0.0201. The molecule has 88 valence electrons. The zero-order valence-corrected chi connectivity index (χ0v) is 9.98. The number of halogens is 2. The van der Waals surface area contributed by atoms with Crippen molar-refractivity contribution >= 4 is 17.1 Å². The van der Waals surface area contributed by atoms with Crippen molar-refractivity contribution < 1.29 is 13.6 Å². The highest BCUT2D eigenvalue weighted by Gasteiger charge is 2.11. The third-order valence-corrected chi connectivity index (χ3v) is 3.30. The normalized spacial score (nSPS) is 10.5. The molecular formula is C13H10F2OS. The molecule has 1 aromatic heterocycles. The minimum Gasteiger partial charge on any atom is -0.294 e. The summed E-state index contributed by atoms with van der Waals surface area (Å²) in [6.45, 7) is 1.84. The first-order valence-corrected chi connectivity index (χ1v) is 6.01. The Bertz CT molecular complexity index is 540. The fraction of sp³-hybridized carbons (Fsp3) is 0.154. The van der Waals surface area contributed by atoms with Gasteiger partial charge in [-0.2, -0.15) is 11.3 Å². The molecule has 0 saturated carbocycles. The Morgan fingerprint density at radius 1 is 1.18 bits per heavy atom. The molecule has 0 N–H and O–H groups in total. The number of thiophene rings is 1. The average Bonchev–Trinajstić information content (AvgIpc) is 2.62. The van der Waals surface area contributed by atoms with Crippen molar-refractivity contribution in [2.45, 2.75) is 13.3 Å². The van der Waals surface area contributed by atoms with Crippen LogP contribution in [-0.2, 0) is 6.42 Å². The first-order chi connectivity index (χ1) is 8.06. The summed E-state index contributed by atoms with van der Waals surface area (Å²) in [7, 11) is 0. The number of aryl methyl sites for hydroxylation is 1. The molecule has 0 unspecified atom stereocenters. The van der Waals surface area contributed by atoms with Gasteiger partial charge in [0.15, 0.2) is 5.78 Å². The minimum absolute atomic E-state index is 0.0201. The Morgan fingerprint density at radius 2 is 1.82 bits per heavy atom. The molecule has 0 spiro atoms. The summed E-state index contributed by atoms with van der Waals surface area (Å²) in [5, 5.41) is 3.63. The Kier molecular flexibility index (Phi) is 3.33. The van der Waals surface area contributed by atoms with Crippen LogP contribution in [0.4, 0.5) is 8.78 Å². The monoisotopic (exact) mass is 252 g/mol. The van der Waals surface area contributed by atoms with Crippen LogP contribution < -0.4 is 0 Å². The Hall–Kier alpha value is -1.55. The topological polar surface area (TPSA) is 17.1 Å². The van der Waals surface area contributed by atoms with Crippen LogP contribution in [0.5, 0.6) is 0 Å². The highest BCUT2D eigenvalue weighted by atomic mass is 32.1. The second-order valence-corrected chi connectivity index (χ2v) is 4.59. The molecule has 2 aromatic rings. The molecule has 0 amide bonds. The van der Waals surface area contributed by atoms with E-state index in [-0.39, 0.29) is 12.2 Å². The number of hydrogen-bond acceptors (Lipinski definition) is 2. The highest BCUT2D eigenvalue weighted by molar-refractivity contribution is 7.08. The third kappa shape index (κ3) is 2.77. The van der Waals surface area contributed by atoms with E-state index in [4.69, 9.17) is 0 Å². The second kappa shape index (κ2) is 4.75. The Morgan fingerprint density at radius 3 is 2.35 bits per heavy atom. The molecule has 0 fully saturated rings. The zero-order valence-electron chi connectivity index (χ0n) is 9.17. The van der Waals surface area contributed by atoms with E-state index in [1.165, 1.54) is 23.5 Å². The summed E-state index contributed by atoms with van der Waals surface area (Å²) in [6, 6.07) is 3.16. The van der Waals surface area contributed by atoms with Crippen LogP contribution in [0.15, 0.2) is 29.0 Å². The quantitative estimate of drug-likeness (QED) is 0.760. The number of Topliss-reactive ketones (excluding diaryl/α,β-unsaturated/α-hetero) is 1. The predicted molar refractivity (Wildman–Crippen MR) is 63.4 cm³/mol. The second-order valence-electron chi connectivity index (χ2n) is 3.85.